The second-order valence-electron chi connectivity index (χ2n) is 3.23. The van der Waals surface area contributed by atoms with Crippen molar-refractivity contribution in [2.45, 2.75) is 6.61 Å². The molecule has 0 spiro atoms. The number of hydrogen-bond donors (Lipinski definition) is 0. The van der Waals surface area contributed by atoms with Gasteiger partial charge < -0.3 is 4.74 Å². The van der Waals surface area contributed by atoms with E-state index in [1.165, 1.54) is 9.13 Å². The van der Waals surface area contributed by atoms with Gasteiger partial charge in [-0.1, -0.05) is 30.3 Å². The first-order valence-electron chi connectivity index (χ1n) is 4.77. The molecule has 76 valence electrons. The molecule has 0 aromatic heterocycles. The van der Waals surface area contributed by atoms with Crippen LogP contribution in [0, 0.1) is 3.57 Å². The smallest absolute Gasteiger partial charge is 0.119 e. The van der Waals surface area contributed by atoms with Gasteiger partial charge in [0, 0.05) is 3.57 Å². The molecule has 2 aromatic carbocycles. The Morgan fingerprint density at radius 3 is 2.47 bits per heavy atom. The van der Waals surface area contributed by atoms with Crippen LogP contribution in [-0.4, -0.2) is 0 Å². The predicted octanol–water partition coefficient (Wildman–Crippen LogP) is 3.87. The Morgan fingerprint density at radius 1 is 0.933 bits per heavy atom. The molecule has 0 saturated carbocycles. The molecule has 0 fully saturated rings. The lowest BCUT2D eigenvalue weighted by molar-refractivity contribution is 0.306. The van der Waals surface area contributed by atoms with Crippen LogP contribution >= 0.6 is 22.6 Å². The van der Waals surface area contributed by atoms with Crippen molar-refractivity contribution >= 4 is 22.6 Å². The van der Waals surface area contributed by atoms with Crippen LogP contribution in [-0.2, 0) is 6.61 Å². The van der Waals surface area contributed by atoms with E-state index in [0.29, 0.717) is 6.61 Å². The number of halogens is 1. The van der Waals surface area contributed by atoms with Crippen LogP contribution in [0.1, 0.15) is 5.56 Å². The minimum absolute atomic E-state index is 0.626. The van der Waals surface area contributed by atoms with Crippen LogP contribution in [0.4, 0.5) is 0 Å². The van der Waals surface area contributed by atoms with E-state index in [2.05, 4.69) is 40.8 Å². The quantitative estimate of drug-likeness (QED) is 0.782. The minimum Gasteiger partial charge on any atom is -0.489 e. The van der Waals surface area contributed by atoms with Crippen LogP contribution in [0.3, 0.4) is 0 Å². The summed E-state index contributed by atoms with van der Waals surface area (Å²) in [6.45, 7) is 0.626. The average Bonchev–Trinajstić information content (AvgIpc) is 2.28. The third-order valence-electron chi connectivity index (χ3n) is 2.04. The Labute approximate surface area is 103 Å². The van der Waals surface area contributed by atoms with Crippen molar-refractivity contribution in [3.05, 3.63) is 63.7 Å². The SMILES string of the molecule is Ic1cccc(COc2ccccc2)c1. The highest BCUT2D eigenvalue weighted by atomic mass is 127. The highest BCUT2D eigenvalue weighted by Crippen LogP contribution is 2.13. The summed E-state index contributed by atoms with van der Waals surface area (Å²) in [7, 11) is 0. The molecule has 0 atom stereocenters. The van der Waals surface area contributed by atoms with Crippen LogP contribution in [0.2, 0.25) is 0 Å². The molecule has 0 aliphatic heterocycles. The summed E-state index contributed by atoms with van der Waals surface area (Å²) in [6, 6.07) is 18.2. The van der Waals surface area contributed by atoms with Gasteiger partial charge in [0.05, 0.1) is 0 Å². The summed E-state index contributed by atoms with van der Waals surface area (Å²) >= 11 is 2.30. The molecule has 0 unspecified atom stereocenters. The van der Waals surface area contributed by atoms with Crippen molar-refractivity contribution in [3.63, 3.8) is 0 Å². The molecular weight excluding hydrogens is 299 g/mol. The van der Waals surface area contributed by atoms with Gasteiger partial charge in [0.1, 0.15) is 12.4 Å². The molecule has 0 heterocycles. The normalized spacial score (nSPS) is 9.93. The van der Waals surface area contributed by atoms with Gasteiger partial charge in [-0.2, -0.15) is 0 Å². The monoisotopic (exact) mass is 310 g/mol. The van der Waals surface area contributed by atoms with Crippen molar-refractivity contribution in [2.75, 3.05) is 0 Å². The highest BCUT2D eigenvalue weighted by Gasteiger charge is 1.95. The third kappa shape index (κ3) is 3.23. The fourth-order valence-corrected chi connectivity index (χ4v) is 1.92. The van der Waals surface area contributed by atoms with Gasteiger partial charge in [0.2, 0.25) is 0 Å². The van der Waals surface area contributed by atoms with E-state index in [4.69, 9.17) is 4.74 Å². The first-order valence-corrected chi connectivity index (χ1v) is 5.85. The summed E-state index contributed by atoms with van der Waals surface area (Å²) in [5.41, 5.74) is 1.20. The van der Waals surface area contributed by atoms with Crippen LogP contribution in [0.15, 0.2) is 54.6 Å². The van der Waals surface area contributed by atoms with Crippen LogP contribution in [0.25, 0.3) is 0 Å². The molecule has 0 amide bonds. The van der Waals surface area contributed by atoms with E-state index in [0.717, 1.165) is 5.75 Å². The second kappa shape index (κ2) is 5.16. The van der Waals surface area contributed by atoms with Gasteiger partial charge in [0.25, 0.3) is 0 Å². The van der Waals surface area contributed by atoms with Crippen molar-refractivity contribution in [1.29, 1.82) is 0 Å². The largest absolute Gasteiger partial charge is 0.489 e. The maximum Gasteiger partial charge on any atom is 0.119 e. The zero-order chi connectivity index (χ0) is 10.5. The number of benzene rings is 2. The van der Waals surface area contributed by atoms with E-state index in [1.54, 1.807) is 0 Å². The van der Waals surface area contributed by atoms with E-state index in [1.807, 2.05) is 36.4 Å². The van der Waals surface area contributed by atoms with E-state index < -0.39 is 0 Å². The maximum absolute atomic E-state index is 5.64. The third-order valence-corrected chi connectivity index (χ3v) is 2.71. The zero-order valence-electron chi connectivity index (χ0n) is 8.19. The number of para-hydroxylation sites is 1. The summed E-state index contributed by atoms with van der Waals surface area (Å²) in [6.07, 6.45) is 0. The van der Waals surface area contributed by atoms with Gasteiger partial charge >= 0.3 is 0 Å². The number of hydrogen-bond acceptors (Lipinski definition) is 1. The average molecular weight is 310 g/mol. The van der Waals surface area contributed by atoms with Gasteiger partial charge in [-0.15, -0.1) is 0 Å². The Morgan fingerprint density at radius 2 is 1.73 bits per heavy atom. The Balaban J connectivity index is 1.99. The number of rotatable bonds is 3. The molecule has 0 aliphatic carbocycles. The molecule has 0 aliphatic rings. The molecule has 2 aromatic rings. The van der Waals surface area contributed by atoms with E-state index in [9.17, 15) is 0 Å². The Kier molecular flexibility index (Phi) is 3.61. The number of ether oxygens (including phenoxy) is 1. The van der Waals surface area contributed by atoms with Crippen molar-refractivity contribution in [3.8, 4) is 5.75 Å². The summed E-state index contributed by atoms with van der Waals surface area (Å²) in [5.74, 6) is 0.913. The first kappa shape index (κ1) is 10.5. The van der Waals surface area contributed by atoms with E-state index in [-0.39, 0.29) is 0 Å². The Hall–Kier alpha value is -1.03. The minimum atomic E-state index is 0.626. The molecule has 1 nitrogen and oxygen atoms in total. The van der Waals surface area contributed by atoms with Gasteiger partial charge in [-0.05, 0) is 52.4 Å². The van der Waals surface area contributed by atoms with Crippen LogP contribution < -0.4 is 4.74 Å². The van der Waals surface area contributed by atoms with Crippen molar-refractivity contribution in [2.24, 2.45) is 0 Å². The molecule has 2 rings (SSSR count). The second-order valence-corrected chi connectivity index (χ2v) is 4.48. The lowest BCUT2D eigenvalue weighted by Gasteiger charge is -2.05. The summed E-state index contributed by atoms with van der Waals surface area (Å²) in [5, 5.41) is 0. The topological polar surface area (TPSA) is 9.23 Å². The zero-order valence-corrected chi connectivity index (χ0v) is 10.3. The standard InChI is InChI=1S/C13H11IO/c14-12-6-4-5-11(9-12)10-15-13-7-2-1-3-8-13/h1-9H,10H2. The fraction of sp³-hybridized carbons (Fsp3) is 0.0769. The summed E-state index contributed by atoms with van der Waals surface area (Å²) < 4.78 is 6.88. The molecule has 0 radical (unpaired) electrons. The fourth-order valence-electron chi connectivity index (χ4n) is 1.31. The molecule has 0 N–H and O–H groups in total. The van der Waals surface area contributed by atoms with Gasteiger partial charge in [-0.25, -0.2) is 0 Å². The summed E-state index contributed by atoms with van der Waals surface area (Å²) in [4.78, 5) is 0. The Bertz CT molecular complexity index is 426. The highest BCUT2D eigenvalue weighted by molar-refractivity contribution is 14.1. The lowest BCUT2D eigenvalue weighted by atomic mass is 10.2. The van der Waals surface area contributed by atoms with E-state index >= 15 is 0 Å². The lowest BCUT2D eigenvalue weighted by Crippen LogP contribution is -1.95. The van der Waals surface area contributed by atoms with Crippen molar-refractivity contribution < 1.29 is 4.74 Å². The molecule has 15 heavy (non-hydrogen) atoms. The molecule has 0 saturated heterocycles. The van der Waals surface area contributed by atoms with Crippen molar-refractivity contribution in [1.82, 2.24) is 0 Å². The predicted molar refractivity (Wildman–Crippen MR) is 69.9 cm³/mol. The van der Waals surface area contributed by atoms with Gasteiger partial charge in [0.15, 0.2) is 0 Å². The molecule has 0 bridgehead atoms. The van der Waals surface area contributed by atoms with Crippen LogP contribution in [0.5, 0.6) is 5.75 Å². The first-order chi connectivity index (χ1) is 7.34. The van der Waals surface area contributed by atoms with Gasteiger partial charge in [-0.3, -0.25) is 0 Å². The molecular formula is C13H11IO. The molecule has 2 heteroatoms. The maximum atomic E-state index is 5.64.